The lowest BCUT2D eigenvalue weighted by molar-refractivity contribution is 0.114. The number of aliphatic imine (C=N–C) groups is 1. The van der Waals surface area contributed by atoms with E-state index in [-0.39, 0.29) is 30.1 Å². The van der Waals surface area contributed by atoms with E-state index >= 15 is 0 Å². The molecular weight excluding hydrogens is 429 g/mol. The van der Waals surface area contributed by atoms with E-state index in [1.807, 2.05) is 19.1 Å². The Morgan fingerprint density at radius 3 is 2.91 bits per heavy atom. The van der Waals surface area contributed by atoms with Crippen LogP contribution in [0.25, 0.3) is 0 Å². The fourth-order valence-electron chi connectivity index (χ4n) is 2.37. The van der Waals surface area contributed by atoms with Gasteiger partial charge in [-0.05, 0) is 31.9 Å². The molecule has 1 heterocycles. The van der Waals surface area contributed by atoms with Crippen LogP contribution in [0.15, 0.2) is 23.2 Å². The number of halogens is 2. The highest BCUT2D eigenvalue weighted by atomic mass is 127. The summed E-state index contributed by atoms with van der Waals surface area (Å²) >= 11 is 5.98. The fourth-order valence-corrected chi connectivity index (χ4v) is 2.53. The number of nitrogens with one attached hydrogen (secondary N) is 2. The standard InChI is InChI=1S/C16H24ClN3O2.HI/c1-3-18-16(20-11-14-5-4-8-22-14)19-10-12-6-7-13(17)9-15(12)21-2;/h6-7,9,14H,3-5,8,10-11H2,1-2H3,(H2,18,19,20);1H. The first-order valence-corrected chi connectivity index (χ1v) is 8.07. The van der Waals surface area contributed by atoms with E-state index in [2.05, 4.69) is 15.6 Å². The van der Waals surface area contributed by atoms with E-state index < -0.39 is 0 Å². The van der Waals surface area contributed by atoms with Gasteiger partial charge in [0.1, 0.15) is 5.75 Å². The summed E-state index contributed by atoms with van der Waals surface area (Å²) < 4.78 is 11.0. The maximum Gasteiger partial charge on any atom is 0.191 e. The van der Waals surface area contributed by atoms with Gasteiger partial charge in [-0.15, -0.1) is 24.0 Å². The molecule has 0 amide bonds. The molecule has 7 heteroatoms. The first kappa shape index (κ1) is 20.3. The molecule has 1 aromatic rings. The number of hydrogen-bond acceptors (Lipinski definition) is 3. The highest BCUT2D eigenvalue weighted by Gasteiger charge is 2.15. The molecule has 2 N–H and O–H groups in total. The molecule has 0 saturated carbocycles. The molecule has 1 aliphatic rings. The SMILES string of the molecule is CCNC(=NCc1ccc(Cl)cc1OC)NCC1CCCO1.I. The first-order valence-electron chi connectivity index (χ1n) is 7.69. The summed E-state index contributed by atoms with van der Waals surface area (Å²) in [6.07, 6.45) is 2.54. The lowest BCUT2D eigenvalue weighted by Gasteiger charge is -2.15. The molecule has 1 aromatic carbocycles. The van der Waals surface area contributed by atoms with Crippen LogP contribution in [-0.4, -0.2) is 38.9 Å². The highest BCUT2D eigenvalue weighted by Crippen LogP contribution is 2.23. The quantitative estimate of drug-likeness (QED) is 0.395. The van der Waals surface area contributed by atoms with Gasteiger partial charge in [-0.2, -0.15) is 0 Å². The summed E-state index contributed by atoms with van der Waals surface area (Å²) in [4.78, 5) is 4.60. The normalized spacial score (nSPS) is 17.5. The predicted molar refractivity (Wildman–Crippen MR) is 105 cm³/mol. The molecule has 0 bridgehead atoms. The Morgan fingerprint density at radius 1 is 1.43 bits per heavy atom. The Balaban J connectivity index is 0.00000264. The minimum absolute atomic E-state index is 0. The van der Waals surface area contributed by atoms with E-state index in [4.69, 9.17) is 21.1 Å². The monoisotopic (exact) mass is 453 g/mol. The van der Waals surface area contributed by atoms with Crippen LogP contribution in [0.4, 0.5) is 0 Å². The minimum atomic E-state index is 0. The van der Waals surface area contributed by atoms with E-state index in [0.717, 1.165) is 49.8 Å². The second-order valence-electron chi connectivity index (χ2n) is 5.17. The maximum absolute atomic E-state index is 5.98. The number of rotatable bonds is 6. The third-order valence-electron chi connectivity index (χ3n) is 3.52. The molecule has 1 aliphatic heterocycles. The average Bonchev–Trinajstić information content (AvgIpc) is 3.04. The van der Waals surface area contributed by atoms with Crippen molar-refractivity contribution in [1.82, 2.24) is 10.6 Å². The summed E-state index contributed by atoms with van der Waals surface area (Å²) in [6, 6.07) is 5.59. The van der Waals surface area contributed by atoms with Gasteiger partial charge in [0.2, 0.25) is 0 Å². The lowest BCUT2D eigenvalue weighted by atomic mass is 10.2. The zero-order valence-corrected chi connectivity index (χ0v) is 16.7. The number of hydrogen-bond donors (Lipinski definition) is 2. The van der Waals surface area contributed by atoms with Crippen molar-refractivity contribution in [1.29, 1.82) is 0 Å². The molecule has 0 aliphatic carbocycles. The van der Waals surface area contributed by atoms with Crippen molar-refractivity contribution in [3.8, 4) is 5.75 Å². The first-order chi connectivity index (χ1) is 10.7. The van der Waals surface area contributed by atoms with Crippen LogP contribution in [0.3, 0.4) is 0 Å². The third-order valence-corrected chi connectivity index (χ3v) is 3.76. The molecule has 130 valence electrons. The minimum Gasteiger partial charge on any atom is -0.496 e. The summed E-state index contributed by atoms with van der Waals surface area (Å²) in [7, 11) is 1.64. The zero-order chi connectivity index (χ0) is 15.8. The van der Waals surface area contributed by atoms with Crippen LogP contribution in [-0.2, 0) is 11.3 Å². The van der Waals surface area contributed by atoms with Gasteiger partial charge in [-0.3, -0.25) is 0 Å². The van der Waals surface area contributed by atoms with E-state index in [1.54, 1.807) is 13.2 Å². The molecule has 0 spiro atoms. The Kier molecular flexibility index (Phi) is 9.66. The average molecular weight is 454 g/mol. The van der Waals surface area contributed by atoms with Crippen LogP contribution in [0.5, 0.6) is 5.75 Å². The van der Waals surface area contributed by atoms with Gasteiger partial charge in [-0.1, -0.05) is 17.7 Å². The number of nitrogens with zero attached hydrogens (tertiary/aromatic N) is 1. The van der Waals surface area contributed by atoms with Gasteiger partial charge in [0, 0.05) is 30.3 Å². The zero-order valence-electron chi connectivity index (χ0n) is 13.6. The van der Waals surface area contributed by atoms with E-state index in [9.17, 15) is 0 Å². The van der Waals surface area contributed by atoms with Crippen molar-refractivity contribution < 1.29 is 9.47 Å². The molecular formula is C16H25ClIN3O2. The van der Waals surface area contributed by atoms with Crippen LogP contribution >= 0.6 is 35.6 Å². The molecule has 1 saturated heterocycles. The molecule has 0 aromatic heterocycles. The molecule has 1 unspecified atom stereocenters. The van der Waals surface area contributed by atoms with Gasteiger partial charge in [0.05, 0.1) is 19.8 Å². The number of methoxy groups -OCH3 is 1. The van der Waals surface area contributed by atoms with Crippen LogP contribution in [0.1, 0.15) is 25.3 Å². The molecule has 2 rings (SSSR count). The lowest BCUT2D eigenvalue weighted by Crippen LogP contribution is -2.41. The highest BCUT2D eigenvalue weighted by molar-refractivity contribution is 14.0. The van der Waals surface area contributed by atoms with Gasteiger partial charge >= 0.3 is 0 Å². The smallest absolute Gasteiger partial charge is 0.191 e. The van der Waals surface area contributed by atoms with Crippen molar-refractivity contribution in [2.24, 2.45) is 4.99 Å². The Labute approximate surface area is 160 Å². The number of ether oxygens (including phenoxy) is 2. The van der Waals surface area contributed by atoms with E-state index in [1.165, 1.54) is 0 Å². The molecule has 23 heavy (non-hydrogen) atoms. The largest absolute Gasteiger partial charge is 0.496 e. The third kappa shape index (κ3) is 6.73. The Morgan fingerprint density at radius 2 is 2.26 bits per heavy atom. The molecule has 1 atom stereocenters. The molecule has 5 nitrogen and oxygen atoms in total. The van der Waals surface area contributed by atoms with E-state index in [0.29, 0.717) is 11.6 Å². The number of guanidine groups is 1. The fraction of sp³-hybridized carbons (Fsp3) is 0.562. The van der Waals surface area contributed by atoms with Gasteiger partial charge < -0.3 is 20.1 Å². The Hall–Kier alpha value is -0.730. The molecule has 1 fully saturated rings. The predicted octanol–water partition coefficient (Wildman–Crippen LogP) is 3.20. The van der Waals surface area contributed by atoms with Gasteiger partial charge in [-0.25, -0.2) is 4.99 Å². The van der Waals surface area contributed by atoms with Crippen molar-refractivity contribution in [2.75, 3.05) is 26.8 Å². The summed E-state index contributed by atoms with van der Waals surface area (Å²) in [5, 5.41) is 7.23. The van der Waals surface area contributed by atoms with Gasteiger partial charge in [0.25, 0.3) is 0 Å². The Bertz CT molecular complexity index is 508. The van der Waals surface area contributed by atoms with Crippen molar-refractivity contribution >= 4 is 41.5 Å². The van der Waals surface area contributed by atoms with Crippen LogP contribution < -0.4 is 15.4 Å². The molecule has 0 radical (unpaired) electrons. The number of benzene rings is 1. The van der Waals surface area contributed by atoms with Gasteiger partial charge in [0.15, 0.2) is 5.96 Å². The maximum atomic E-state index is 5.98. The van der Waals surface area contributed by atoms with Crippen LogP contribution in [0.2, 0.25) is 5.02 Å². The van der Waals surface area contributed by atoms with Crippen molar-refractivity contribution in [3.05, 3.63) is 28.8 Å². The van der Waals surface area contributed by atoms with Crippen molar-refractivity contribution in [2.45, 2.75) is 32.4 Å². The summed E-state index contributed by atoms with van der Waals surface area (Å²) in [5.74, 6) is 1.54. The topological polar surface area (TPSA) is 54.9 Å². The van der Waals surface area contributed by atoms with Crippen LogP contribution in [0, 0.1) is 0 Å². The second kappa shape index (κ2) is 10.9. The summed E-state index contributed by atoms with van der Waals surface area (Å²) in [5.41, 5.74) is 1.00. The second-order valence-corrected chi connectivity index (χ2v) is 5.60. The van der Waals surface area contributed by atoms with Crippen molar-refractivity contribution in [3.63, 3.8) is 0 Å². The summed E-state index contributed by atoms with van der Waals surface area (Å²) in [6.45, 7) is 5.04.